The highest BCUT2D eigenvalue weighted by Crippen LogP contribution is 2.35. The summed E-state index contributed by atoms with van der Waals surface area (Å²) in [5, 5.41) is 6.90. The number of hydrogen-bond donors (Lipinski definition) is 1. The minimum Gasteiger partial charge on any atom is -0.375 e. The maximum absolute atomic E-state index is 12.9. The third-order valence-electron chi connectivity index (χ3n) is 5.06. The Morgan fingerprint density at radius 3 is 2.70 bits per heavy atom. The summed E-state index contributed by atoms with van der Waals surface area (Å²) in [5.41, 5.74) is 1.10. The maximum atomic E-state index is 12.9. The molecule has 1 N–H and O–H groups in total. The van der Waals surface area contributed by atoms with Gasteiger partial charge in [-0.1, -0.05) is 5.16 Å². The van der Waals surface area contributed by atoms with Gasteiger partial charge in [-0.05, 0) is 33.1 Å². The molecule has 0 aromatic carbocycles. The second kappa shape index (κ2) is 5.33. The van der Waals surface area contributed by atoms with Gasteiger partial charge in [0.05, 0.1) is 23.8 Å². The summed E-state index contributed by atoms with van der Waals surface area (Å²) in [6, 6.07) is 0.279. The van der Waals surface area contributed by atoms with Gasteiger partial charge in [0, 0.05) is 19.2 Å². The lowest BCUT2D eigenvalue weighted by molar-refractivity contribution is -0.127. The molecule has 0 spiro atoms. The van der Waals surface area contributed by atoms with Crippen molar-refractivity contribution in [1.82, 2.24) is 15.4 Å². The summed E-state index contributed by atoms with van der Waals surface area (Å²) >= 11 is 0. The number of likely N-dealkylation sites (tertiary alicyclic amines) is 1. The number of aromatic nitrogens is 1. The molecule has 1 aromatic rings. The number of rotatable bonds is 3. The molecule has 23 heavy (non-hydrogen) atoms. The number of nitrogens with zero attached hydrogens (tertiary/aromatic N) is 2. The van der Waals surface area contributed by atoms with Gasteiger partial charge in [0.2, 0.25) is 5.91 Å². The fraction of sp³-hybridized carbons (Fsp3) is 0.688. The van der Waals surface area contributed by atoms with Crippen LogP contribution in [-0.4, -0.2) is 53.2 Å². The summed E-state index contributed by atoms with van der Waals surface area (Å²) in [5.74, 6) is 0.142. The van der Waals surface area contributed by atoms with Gasteiger partial charge in [0.15, 0.2) is 0 Å². The number of nitrogens with one attached hydrogen (secondary N) is 1. The van der Waals surface area contributed by atoms with E-state index in [1.807, 2.05) is 0 Å². The Morgan fingerprint density at radius 1 is 1.26 bits per heavy atom. The first-order valence-corrected chi connectivity index (χ1v) is 8.22. The van der Waals surface area contributed by atoms with Crippen LogP contribution in [-0.2, 0) is 9.53 Å². The second-order valence-corrected chi connectivity index (χ2v) is 6.74. The van der Waals surface area contributed by atoms with Crippen LogP contribution in [0.5, 0.6) is 0 Å². The van der Waals surface area contributed by atoms with Crippen LogP contribution in [0.15, 0.2) is 4.52 Å². The van der Waals surface area contributed by atoms with Gasteiger partial charge in [0.1, 0.15) is 11.3 Å². The Bertz CT molecular complexity index is 632. The highest BCUT2D eigenvalue weighted by Gasteiger charge is 2.51. The highest BCUT2D eigenvalue weighted by molar-refractivity contribution is 5.97. The van der Waals surface area contributed by atoms with E-state index in [0.29, 0.717) is 36.2 Å². The van der Waals surface area contributed by atoms with Gasteiger partial charge in [-0.25, -0.2) is 0 Å². The van der Waals surface area contributed by atoms with E-state index in [0.717, 1.165) is 19.3 Å². The number of aryl methyl sites for hydroxylation is 2. The van der Waals surface area contributed by atoms with Crippen molar-refractivity contribution in [2.45, 2.75) is 51.3 Å². The summed E-state index contributed by atoms with van der Waals surface area (Å²) < 4.78 is 10.9. The molecule has 3 aliphatic rings. The standard InChI is InChI=1S/C16H21N3O4/c1-8-13(9(2)23-18-8)16(21)19-7-11(14-12(19)5-6-22-14)15(20)17-10-3-4-10/h10-12,14H,3-7H2,1-2H3,(H,17,20)/t11-,12+,14+/m0/s1. The molecule has 1 saturated carbocycles. The van der Waals surface area contributed by atoms with Crippen LogP contribution >= 0.6 is 0 Å². The van der Waals surface area contributed by atoms with Crippen molar-refractivity contribution in [2.75, 3.05) is 13.2 Å². The van der Waals surface area contributed by atoms with Crippen molar-refractivity contribution in [3.05, 3.63) is 17.0 Å². The van der Waals surface area contributed by atoms with Gasteiger partial charge in [-0.3, -0.25) is 9.59 Å². The normalized spacial score (nSPS) is 29.7. The molecule has 3 atom stereocenters. The molecule has 0 radical (unpaired) electrons. The Kier molecular flexibility index (Phi) is 3.41. The van der Waals surface area contributed by atoms with Crippen molar-refractivity contribution in [3.63, 3.8) is 0 Å². The first-order chi connectivity index (χ1) is 11.1. The van der Waals surface area contributed by atoms with E-state index in [1.54, 1.807) is 18.7 Å². The Hall–Kier alpha value is -1.89. The fourth-order valence-electron chi connectivity index (χ4n) is 3.70. The number of carbonyl (C=O) groups excluding carboxylic acids is 2. The van der Waals surface area contributed by atoms with Gasteiger partial charge >= 0.3 is 0 Å². The molecule has 2 saturated heterocycles. The van der Waals surface area contributed by atoms with Crippen molar-refractivity contribution in [3.8, 4) is 0 Å². The molecule has 3 heterocycles. The molecule has 1 aromatic heterocycles. The smallest absolute Gasteiger partial charge is 0.259 e. The van der Waals surface area contributed by atoms with E-state index < -0.39 is 0 Å². The molecule has 7 nitrogen and oxygen atoms in total. The van der Waals surface area contributed by atoms with E-state index in [2.05, 4.69) is 10.5 Å². The number of carbonyl (C=O) groups is 2. The molecular weight excluding hydrogens is 298 g/mol. The molecule has 4 rings (SSSR count). The zero-order valence-corrected chi connectivity index (χ0v) is 13.4. The molecule has 2 amide bonds. The minimum atomic E-state index is -0.285. The lowest BCUT2D eigenvalue weighted by Crippen LogP contribution is -2.39. The van der Waals surface area contributed by atoms with Gasteiger partial charge in [-0.15, -0.1) is 0 Å². The maximum Gasteiger partial charge on any atom is 0.259 e. The fourth-order valence-corrected chi connectivity index (χ4v) is 3.70. The average molecular weight is 319 g/mol. The van der Waals surface area contributed by atoms with E-state index in [1.165, 1.54) is 0 Å². The number of ether oxygens (including phenoxy) is 1. The predicted molar refractivity (Wildman–Crippen MR) is 79.8 cm³/mol. The minimum absolute atomic E-state index is 0.0125. The monoisotopic (exact) mass is 319 g/mol. The largest absolute Gasteiger partial charge is 0.375 e. The molecule has 124 valence electrons. The van der Waals surface area contributed by atoms with Crippen LogP contribution in [0.2, 0.25) is 0 Å². The van der Waals surface area contributed by atoms with E-state index in [4.69, 9.17) is 9.26 Å². The van der Waals surface area contributed by atoms with Crippen LogP contribution < -0.4 is 5.32 Å². The third kappa shape index (κ3) is 2.43. The molecule has 7 heteroatoms. The second-order valence-electron chi connectivity index (χ2n) is 6.74. The Morgan fingerprint density at radius 2 is 2.04 bits per heavy atom. The van der Waals surface area contributed by atoms with Crippen LogP contribution in [0.25, 0.3) is 0 Å². The van der Waals surface area contributed by atoms with E-state index >= 15 is 0 Å². The Labute approximate surface area is 134 Å². The number of hydrogen-bond acceptors (Lipinski definition) is 5. The first kappa shape index (κ1) is 14.7. The zero-order valence-electron chi connectivity index (χ0n) is 13.4. The lowest BCUT2D eigenvalue weighted by atomic mass is 10.0. The SMILES string of the molecule is Cc1noc(C)c1C(=O)N1C[C@H](C(=O)NC2CC2)[C@H]2OCC[C@H]21. The predicted octanol–water partition coefficient (Wildman–Crippen LogP) is 0.800. The third-order valence-corrected chi connectivity index (χ3v) is 5.06. The van der Waals surface area contributed by atoms with Gasteiger partial charge in [-0.2, -0.15) is 0 Å². The van der Waals surface area contributed by atoms with Crippen molar-refractivity contribution < 1.29 is 18.8 Å². The van der Waals surface area contributed by atoms with Crippen molar-refractivity contribution >= 4 is 11.8 Å². The van der Waals surface area contributed by atoms with Crippen molar-refractivity contribution in [2.24, 2.45) is 5.92 Å². The van der Waals surface area contributed by atoms with Crippen LogP contribution in [0.3, 0.4) is 0 Å². The number of fused-ring (bicyclic) bond motifs is 1. The summed E-state index contributed by atoms with van der Waals surface area (Å²) in [7, 11) is 0. The lowest BCUT2D eigenvalue weighted by Gasteiger charge is -2.22. The molecular formula is C16H21N3O4. The van der Waals surface area contributed by atoms with Crippen LogP contribution in [0.1, 0.15) is 41.1 Å². The van der Waals surface area contributed by atoms with Crippen LogP contribution in [0.4, 0.5) is 0 Å². The first-order valence-electron chi connectivity index (χ1n) is 8.22. The van der Waals surface area contributed by atoms with E-state index in [-0.39, 0.29) is 29.9 Å². The van der Waals surface area contributed by atoms with Crippen LogP contribution in [0, 0.1) is 19.8 Å². The molecule has 1 aliphatic carbocycles. The number of amides is 2. The zero-order chi connectivity index (χ0) is 16.1. The Balaban J connectivity index is 1.57. The van der Waals surface area contributed by atoms with Gasteiger partial charge < -0.3 is 19.5 Å². The summed E-state index contributed by atoms with van der Waals surface area (Å²) in [6.45, 7) is 4.49. The topological polar surface area (TPSA) is 84.7 Å². The van der Waals surface area contributed by atoms with Gasteiger partial charge in [0.25, 0.3) is 5.91 Å². The summed E-state index contributed by atoms with van der Waals surface area (Å²) in [6.07, 6.45) is 2.68. The molecule has 3 fully saturated rings. The summed E-state index contributed by atoms with van der Waals surface area (Å²) in [4.78, 5) is 27.2. The molecule has 2 aliphatic heterocycles. The highest BCUT2D eigenvalue weighted by atomic mass is 16.5. The van der Waals surface area contributed by atoms with E-state index in [9.17, 15) is 9.59 Å². The van der Waals surface area contributed by atoms with Crippen molar-refractivity contribution in [1.29, 1.82) is 0 Å². The average Bonchev–Trinajstić information content (AvgIpc) is 2.94. The molecule has 0 unspecified atom stereocenters. The quantitative estimate of drug-likeness (QED) is 0.891. The molecule has 0 bridgehead atoms.